The molecule has 0 amide bonds. The van der Waals surface area contributed by atoms with E-state index in [9.17, 15) is 19.5 Å². The maximum Gasteiger partial charge on any atom is 0.303 e. The Bertz CT molecular complexity index is 825. The van der Waals surface area contributed by atoms with Gasteiger partial charge in [-0.3, -0.25) is 14.4 Å². The van der Waals surface area contributed by atoms with Gasteiger partial charge in [-0.2, -0.15) is 0 Å². The molecule has 158 valence electrons. The maximum absolute atomic E-state index is 12.9. The normalized spacial score (nSPS) is 45.7. The minimum atomic E-state index is -1.43. The van der Waals surface area contributed by atoms with Crippen molar-refractivity contribution in [2.75, 3.05) is 6.61 Å². The molecule has 1 N–H and O–H groups in total. The highest BCUT2D eigenvalue weighted by atomic mass is 16.5. The number of ether oxygens (including phenoxy) is 1. The molecule has 4 rings (SSSR count). The molecule has 4 aliphatic rings. The lowest BCUT2D eigenvalue weighted by Crippen LogP contribution is -2.58. The number of fused-ring (bicyclic) bond motifs is 5. The third-order valence-electron chi connectivity index (χ3n) is 8.90. The average molecular weight is 401 g/mol. The van der Waals surface area contributed by atoms with Crippen molar-refractivity contribution in [2.24, 2.45) is 34.5 Å². The Morgan fingerprint density at radius 3 is 2.59 bits per heavy atom. The first-order valence-electron chi connectivity index (χ1n) is 10.9. The molecule has 5 nitrogen and oxygen atoms in total. The van der Waals surface area contributed by atoms with Crippen molar-refractivity contribution in [3.8, 4) is 0 Å². The van der Waals surface area contributed by atoms with Gasteiger partial charge in [0, 0.05) is 17.8 Å². The van der Waals surface area contributed by atoms with Gasteiger partial charge in [-0.25, -0.2) is 0 Å². The van der Waals surface area contributed by atoms with Crippen LogP contribution in [0.1, 0.15) is 59.8 Å². The Labute approximate surface area is 172 Å². The van der Waals surface area contributed by atoms with Crippen molar-refractivity contribution >= 4 is 17.5 Å². The van der Waals surface area contributed by atoms with E-state index < -0.39 is 17.0 Å². The van der Waals surface area contributed by atoms with E-state index >= 15 is 0 Å². The summed E-state index contributed by atoms with van der Waals surface area (Å²) in [7, 11) is 0. The van der Waals surface area contributed by atoms with Crippen LogP contribution in [-0.2, 0) is 19.1 Å². The number of rotatable bonds is 3. The first kappa shape index (κ1) is 20.5. The van der Waals surface area contributed by atoms with Gasteiger partial charge in [0.1, 0.15) is 5.60 Å². The van der Waals surface area contributed by atoms with Crippen LogP contribution in [0, 0.1) is 34.5 Å². The third kappa shape index (κ3) is 2.80. The second-order valence-corrected chi connectivity index (χ2v) is 10.2. The maximum atomic E-state index is 12.9. The molecule has 0 aromatic rings. The molecule has 0 spiro atoms. The molecule has 4 aliphatic carbocycles. The molecule has 0 unspecified atom stereocenters. The number of esters is 1. The standard InChI is InChI=1S/C24H32O5/c1-14-11-17-18(22(3)8-5-16(26)12-20(14)22)6-9-23(4)19(17)7-10-24(23,28)21(27)13-29-15(2)25/h5,8,12,14,17-19,28H,6-7,9-11,13H2,1-4H3/t14-,17+,18-,19-,22+,23-,24-/m0/s1. The van der Waals surface area contributed by atoms with Crippen molar-refractivity contribution in [1.82, 2.24) is 0 Å². The summed E-state index contributed by atoms with van der Waals surface area (Å²) in [5.41, 5.74) is -0.817. The summed E-state index contributed by atoms with van der Waals surface area (Å²) < 4.78 is 4.93. The topological polar surface area (TPSA) is 80.7 Å². The quantitative estimate of drug-likeness (QED) is 0.735. The minimum Gasteiger partial charge on any atom is -0.458 e. The van der Waals surface area contributed by atoms with Gasteiger partial charge >= 0.3 is 5.97 Å². The zero-order chi connectivity index (χ0) is 21.2. The van der Waals surface area contributed by atoms with Crippen LogP contribution in [0.15, 0.2) is 23.8 Å². The van der Waals surface area contributed by atoms with Crippen LogP contribution in [0.3, 0.4) is 0 Å². The summed E-state index contributed by atoms with van der Waals surface area (Å²) in [5.74, 6) is 0.585. The van der Waals surface area contributed by atoms with E-state index in [1.807, 2.05) is 6.08 Å². The van der Waals surface area contributed by atoms with Crippen molar-refractivity contribution in [3.63, 3.8) is 0 Å². The zero-order valence-electron chi connectivity index (χ0n) is 17.9. The highest BCUT2D eigenvalue weighted by Gasteiger charge is 2.66. The van der Waals surface area contributed by atoms with Crippen molar-refractivity contribution in [3.05, 3.63) is 23.8 Å². The largest absolute Gasteiger partial charge is 0.458 e. The van der Waals surface area contributed by atoms with Crippen LogP contribution >= 0.6 is 0 Å². The highest BCUT2D eigenvalue weighted by Crippen LogP contribution is 2.67. The van der Waals surface area contributed by atoms with E-state index in [-0.39, 0.29) is 29.5 Å². The van der Waals surface area contributed by atoms with Gasteiger partial charge < -0.3 is 9.84 Å². The monoisotopic (exact) mass is 400 g/mol. The van der Waals surface area contributed by atoms with E-state index in [1.165, 1.54) is 12.5 Å². The summed E-state index contributed by atoms with van der Waals surface area (Å²) >= 11 is 0. The van der Waals surface area contributed by atoms with Gasteiger partial charge in [-0.15, -0.1) is 0 Å². The van der Waals surface area contributed by atoms with E-state index in [4.69, 9.17) is 4.74 Å². The molecular formula is C24H32O5. The van der Waals surface area contributed by atoms with Crippen LogP contribution < -0.4 is 0 Å². The predicted octanol–water partition coefficient (Wildman–Crippen LogP) is 3.40. The van der Waals surface area contributed by atoms with Gasteiger partial charge in [0.2, 0.25) is 5.78 Å². The molecule has 0 aromatic heterocycles. The van der Waals surface area contributed by atoms with Gasteiger partial charge in [0.05, 0.1) is 0 Å². The molecule has 0 aromatic carbocycles. The zero-order valence-corrected chi connectivity index (χ0v) is 17.9. The SMILES string of the molecule is CC(=O)OCC(=O)[C@@]1(O)CC[C@H]2[C@@H]3C[C@H](C)C4=CC(=O)C=C[C@]4(C)[C@H]3CC[C@@]21C. The van der Waals surface area contributed by atoms with Gasteiger partial charge in [0.15, 0.2) is 12.4 Å². The number of ketones is 2. The van der Waals surface area contributed by atoms with Crippen molar-refractivity contribution in [2.45, 2.75) is 65.4 Å². The fourth-order valence-corrected chi connectivity index (χ4v) is 7.38. The van der Waals surface area contributed by atoms with Crippen LogP contribution in [0.2, 0.25) is 0 Å². The van der Waals surface area contributed by atoms with Gasteiger partial charge in [0.25, 0.3) is 0 Å². The highest BCUT2D eigenvalue weighted by molar-refractivity contribution is 6.01. The third-order valence-corrected chi connectivity index (χ3v) is 8.90. The lowest BCUT2D eigenvalue weighted by atomic mass is 9.45. The van der Waals surface area contributed by atoms with Crippen LogP contribution in [0.4, 0.5) is 0 Å². The molecule has 7 atom stereocenters. The fraction of sp³-hybridized carbons (Fsp3) is 0.708. The fourth-order valence-electron chi connectivity index (χ4n) is 7.38. The van der Waals surface area contributed by atoms with Gasteiger partial charge in [-0.1, -0.05) is 32.4 Å². The lowest BCUT2D eigenvalue weighted by molar-refractivity contribution is -0.169. The van der Waals surface area contributed by atoms with E-state index in [2.05, 4.69) is 26.8 Å². The van der Waals surface area contributed by atoms with Crippen LogP contribution in [-0.4, -0.2) is 34.9 Å². The van der Waals surface area contributed by atoms with E-state index in [0.717, 1.165) is 25.7 Å². The number of carbonyl (C=O) groups excluding carboxylic acids is 3. The summed E-state index contributed by atoms with van der Waals surface area (Å²) in [6.07, 6.45) is 9.56. The lowest BCUT2D eigenvalue weighted by Gasteiger charge is -2.59. The molecule has 0 heterocycles. The molecule has 3 fully saturated rings. The number of hydrogen-bond acceptors (Lipinski definition) is 5. The van der Waals surface area contributed by atoms with E-state index in [0.29, 0.717) is 24.2 Å². The molecule has 5 heteroatoms. The Morgan fingerprint density at radius 1 is 1.21 bits per heavy atom. The predicted molar refractivity (Wildman–Crippen MR) is 108 cm³/mol. The second-order valence-electron chi connectivity index (χ2n) is 10.2. The Hall–Kier alpha value is -1.75. The smallest absolute Gasteiger partial charge is 0.303 e. The molecule has 0 aliphatic heterocycles. The van der Waals surface area contributed by atoms with Crippen molar-refractivity contribution < 1.29 is 24.2 Å². The Morgan fingerprint density at radius 2 is 1.90 bits per heavy atom. The Kier molecular flexibility index (Phi) is 4.69. The average Bonchev–Trinajstić information content (AvgIpc) is 2.94. The number of Topliss-reactive ketones (excluding diaryl/α,β-unsaturated/α-hetero) is 1. The van der Waals surface area contributed by atoms with Crippen molar-refractivity contribution in [1.29, 1.82) is 0 Å². The molecule has 3 saturated carbocycles. The molecule has 29 heavy (non-hydrogen) atoms. The summed E-state index contributed by atoms with van der Waals surface area (Å²) in [4.78, 5) is 36.1. The molecular weight excluding hydrogens is 368 g/mol. The van der Waals surface area contributed by atoms with Gasteiger partial charge in [-0.05, 0) is 67.9 Å². The number of aliphatic hydroxyl groups is 1. The number of hydrogen-bond donors (Lipinski definition) is 1. The number of carbonyl (C=O) groups is 3. The van der Waals surface area contributed by atoms with Crippen LogP contribution in [0.25, 0.3) is 0 Å². The van der Waals surface area contributed by atoms with E-state index in [1.54, 1.807) is 6.08 Å². The summed E-state index contributed by atoms with van der Waals surface area (Å²) in [6.45, 7) is 7.44. The molecule has 0 bridgehead atoms. The second kappa shape index (κ2) is 6.63. The molecule has 0 saturated heterocycles. The van der Waals surface area contributed by atoms with Crippen LogP contribution in [0.5, 0.6) is 0 Å². The first-order valence-corrected chi connectivity index (χ1v) is 10.9. The summed E-state index contributed by atoms with van der Waals surface area (Å²) in [5, 5.41) is 11.5. The summed E-state index contributed by atoms with van der Waals surface area (Å²) in [6, 6.07) is 0. The molecule has 0 radical (unpaired) electrons. The number of allylic oxidation sites excluding steroid dienone is 4. The Balaban J connectivity index is 1.65. The minimum absolute atomic E-state index is 0.0785. The first-order chi connectivity index (χ1) is 13.5.